The largest absolute Gasteiger partial charge is 0.756 e. The highest BCUT2D eigenvalue weighted by Gasteiger charge is 2.27. The lowest BCUT2D eigenvalue weighted by Gasteiger charge is -2.30. The Morgan fingerprint density at radius 3 is 1.26 bits per heavy atom. The van der Waals surface area contributed by atoms with Crippen LogP contribution in [-0.2, 0) is 27.9 Å². The summed E-state index contributed by atoms with van der Waals surface area (Å²) >= 11 is 0. The van der Waals surface area contributed by atoms with Gasteiger partial charge >= 0.3 is 5.97 Å². The zero-order valence-electron chi connectivity index (χ0n) is 50.4. The van der Waals surface area contributed by atoms with Gasteiger partial charge in [0.05, 0.1) is 33.8 Å². The van der Waals surface area contributed by atoms with Gasteiger partial charge in [0.2, 0.25) is 5.91 Å². The highest BCUT2D eigenvalue weighted by Crippen LogP contribution is 2.38. The van der Waals surface area contributed by atoms with Gasteiger partial charge in [0.15, 0.2) is 0 Å². The van der Waals surface area contributed by atoms with E-state index in [9.17, 15) is 19.0 Å². The molecule has 0 aromatic heterocycles. The quantitative estimate of drug-likeness (QED) is 0.0212. The maximum absolute atomic E-state index is 13.5. The lowest BCUT2D eigenvalue weighted by Crippen LogP contribution is -2.47. The molecule has 0 aromatic carbocycles. The molecule has 0 fully saturated rings. The molecular weight excluding hydrogens is 964 g/mol. The van der Waals surface area contributed by atoms with Crippen LogP contribution < -0.4 is 10.2 Å². The average Bonchev–Trinajstić information content (AvgIpc) is 3.38. The van der Waals surface area contributed by atoms with Gasteiger partial charge in [-0.3, -0.25) is 14.2 Å². The van der Waals surface area contributed by atoms with E-state index in [0.717, 1.165) is 103 Å². The lowest BCUT2D eigenvalue weighted by atomic mass is 10.0. The normalized spacial score (nSPS) is 14.1. The Morgan fingerprint density at radius 2 is 0.842 bits per heavy atom. The minimum Gasteiger partial charge on any atom is -0.756 e. The summed E-state index contributed by atoms with van der Waals surface area (Å²) in [5.41, 5.74) is 0. The Bertz CT molecular complexity index is 1530. The molecule has 0 aromatic rings. The van der Waals surface area contributed by atoms with Gasteiger partial charge in [0, 0.05) is 12.8 Å². The Balaban J connectivity index is 5.29. The van der Waals surface area contributed by atoms with Crippen molar-refractivity contribution in [3.8, 4) is 0 Å². The topological polar surface area (TPSA) is 114 Å². The summed E-state index contributed by atoms with van der Waals surface area (Å²) in [4.78, 5) is 40.0. The minimum atomic E-state index is -4.70. The Labute approximate surface area is 470 Å². The van der Waals surface area contributed by atoms with Crippen molar-refractivity contribution in [1.82, 2.24) is 5.32 Å². The second kappa shape index (κ2) is 55.8. The molecule has 0 saturated heterocycles. The lowest BCUT2D eigenvalue weighted by molar-refractivity contribution is -0.870. The van der Waals surface area contributed by atoms with E-state index in [1.54, 1.807) is 0 Å². The number of nitrogens with one attached hydrogen (secondary N) is 1. The van der Waals surface area contributed by atoms with E-state index in [2.05, 4.69) is 86.8 Å². The number of amides is 1. The number of nitrogens with zero attached hydrogens (tertiary/aromatic N) is 1. The molecule has 0 aliphatic rings. The third-order valence-corrected chi connectivity index (χ3v) is 14.9. The van der Waals surface area contributed by atoms with E-state index in [1.807, 2.05) is 33.3 Å². The fraction of sp³-hybridized carbons (Fsp3) is 0.788. The van der Waals surface area contributed by atoms with Crippen molar-refractivity contribution >= 4 is 19.7 Å². The van der Waals surface area contributed by atoms with Crippen molar-refractivity contribution in [1.29, 1.82) is 0 Å². The second-order valence-corrected chi connectivity index (χ2v) is 23.9. The first kappa shape index (κ1) is 73.5. The number of phosphoric acid groups is 1. The summed E-state index contributed by atoms with van der Waals surface area (Å²) in [6, 6.07) is -0.897. The monoisotopic (exact) mass is 1080 g/mol. The van der Waals surface area contributed by atoms with E-state index in [0.29, 0.717) is 23.9 Å². The molecule has 76 heavy (non-hydrogen) atoms. The number of allylic oxidation sites excluding steroid dienone is 11. The van der Waals surface area contributed by atoms with Crippen molar-refractivity contribution in [2.75, 3.05) is 40.9 Å². The van der Waals surface area contributed by atoms with Gasteiger partial charge in [-0.05, 0) is 76.7 Å². The molecule has 0 aliphatic carbocycles. The van der Waals surface area contributed by atoms with Crippen LogP contribution in [0, 0.1) is 0 Å². The molecule has 3 unspecified atom stereocenters. The van der Waals surface area contributed by atoms with Crippen LogP contribution >= 0.6 is 7.82 Å². The van der Waals surface area contributed by atoms with Gasteiger partial charge in [-0.25, -0.2) is 0 Å². The summed E-state index contributed by atoms with van der Waals surface area (Å²) in [7, 11) is 1.17. The van der Waals surface area contributed by atoms with Crippen molar-refractivity contribution in [2.24, 2.45) is 0 Å². The predicted molar refractivity (Wildman–Crippen MR) is 325 cm³/mol. The van der Waals surface area contributed by atoms with Crippen LogP contribution in [0.3, 0.4) is 0 Å². The Morgan fingerprint density at radius 1 is 0.474 bits per heavy atom. The average molecular weight is 1090 g/mol. The highest BCUT2D eigenvalue weighted by atomic mass is 31.2. The number of rotatable bonds is 57. The molecule has 0 rings (SSSR count). The SMILES string of the molecule is CC/C=C\C/C=C\C/C=C\C/C=C\C/C=C\CCCCCCCC(=O)OC(/C=C/CCCCCCCCCCCCC)C(COP(=O)([O-])OCC[N+](C)(C)C)NC(=O)CCCCCCCCCCCCCCCCCC. The number of carbonyl (C=O) groups is 2. The van der Waals surface area contributed by atoms with E-state index < -0.39 is 26.6 Å². The van der Waals surface area contributed by atoms with Gasteiger partial charge in [0.1, 0.15) is 19.3 Å². The van der Waals surface area contributed by atoms with Crippen molar-refractivity contribution in [3.05, 3.63) is 72.9 Å². The molecule has 0 spiro atoms. The Kier molecular flexibility index (Phi) is 53.9. The molecule has 0 saturated carbocycles. The molecule has 9 nitrogen and oxygen atoms in total. The van der Waals surface area contributed by atoms with E-state index in [-0.39, 0.29) is 24.9 Å². The van der Waals surface area contributed by atoms with Gasteiger partial charge in [-0.2, -0.15) is 0 Å². The molecule has 0 heterocycles. The smallest absolute Gasteiger partial charge is 0.306 e. The first-order valence-corrected chi connectivity index (χ1v) is 33.2. The number of likely N-dealkylation sites (N-methyl/N-ethyl adjacent to an activating group) is 1. The summed E-state index contributed by atoms with van der Waals surface area (Å²) in [6.45, 7) is 6.74. The molecule has 3 atom stereocenters. The zero-order chi connectivity index (χ0) is 55.7. The third kappa shape index (κ3) is 56.2. The number of unbranched alkanes of at least 4 members (excludes halogenated alkanes) is 31. The highest BCUT2D eigenvalue weighted by molar-refractivity contribution is 7.45. The van der Waals surface area contributed by atoms with Gasteiger partial charge < -0.3 is 28.5 Å². The maximum Gasteiger partial charge on any atom is 0.306 e. The minimum absolute atomic E-state index is 0.0266. The fourth-order valence-corrected chi connectivity index (χ4v) is 9.74. The number of ether oxygens (including phenoxy) is 1. The first-order chi connectivity index (χ1) is 36.9. The fourth-order valence-electron chi connectivity index (χ4n) is 9.02. The zero-order valence-corrected chi connectivity index (χ0v) is 51.3. The molecule has 10 heteroatoms. The molecule has 1 N–H and O–H groups in total. The van der Waals surface area contributed by atoms with Crippen LogP contribution in [0.4, 0.5) is 0 Å². The van der Waals surface area contributed by atoms with Crippen molar-refractivity contribution in [3.63, 3.8) is 0 Å². The molecule has 442 valence electrons. The summed E-state index contributed by atoms with van der Waals surface area (Å²) < 4.78 is 30.3. The van der Waals surface area contributed by atoms with E-state index >= 15 is 0 Å². The molecule has 0 radical (unpaired) electrons. The van der Waals surface area contributed by atoms with Crippen LogP contribution in [-0.4, -0.2) is 69.4 Å². The summed E-state index contributed by atoms with van der Waals surface area (Å²) in [5, 5.41) is 3.03. The second-order valence-electron chi connectivity index (χ2n) is 22.5. The third-order valence-electron chi connectivity index (χ3n) is 13.9. The standard InChI is InChI=1S/C66H121N2O7P/c1-7-10-13-16-19-22-25-28-30-32-33-34-35-36-38-41-44-47-50-53-56-59-66(70)75-64(57-54-51-48-45-42-39-27-24-21-18-15-12-9-3)63(62-74-76(71,72)73-61-60-68(4,5)6)67-65(69)58-55-52-49-46-43-40-37-31-29-26-23-20-17-14-11-8-2/h10,13,19,22,28,30,33-34,36,38,54,57,63-64H,7-9,11-12,14-18,20-21,23-27,29,31-32,35,37,39-53,55-56,58-62H2,1-6H3,(H-,67,69,71,72)/b13-10-,22-19-,30-28-,34-33-,38-36-,57-54+. The van der Waals surface area contributed by atoms with E-state index in [4.69, 9.17) is 13.8 Å². The van der Waals surface area contributed by atoms with Crippen LogP contribution in [0.15, 0.2) is 72.9 Å². The molecular formula is C66H121N2O7P. The summed E-state index contributed by atoms with van der Waals surface area (Å²) in [6.07, 6.45) is 71.5. The van der Waals surface area contributed by atoms with Crippen LogP contribution in [0.5, 0.6) is 0 Å². The van der Waals surface area contributed by atoms with E-state index in [1.165, 1.54) is 141 Å². The number of phosphoric ester groups is 1. The number of hydrogen-bond acceptors (Lipinski definition) is 7. The predicted octanol–water partition coefficient (Wildman–Crippen LogP) is 19.0. The number of carbonyl (C=O) groups excluding carboxylic acids is 2. The number of hydrogen-bond donors (Lipinski definition) is 1. The van der Waals surface area contributed by atoms with Gasteiger partial charge in [-0.15, -0.1) is 0 Å². The molecule has 1 amide bonds. The van der Waals surface area contributed by atoms with Crippen LogP contribution in [0.1, 0.15) is 284 Å². The number of quaternary nitrogens is 1. The van der Waals surface area contributed by atoms with Gasteiger partial charge in [-0.1, -0.05) is 267 Å². The van der Waals surface area contributed by atoms with Gasteiger partial charge in [0.25, 0.3) is 7.82 Å². The number of esters is 1. The maximum atomic E-state index is 13.5. The molecule has 0 bridgehead atoms. The summed E-state index contributed by atoms with van der Waals surface area (Å²) in [5.74, 6) is -0.556. The van der Waals surface area contributed by atoms with Crippen LogP contribution in [0.25, 0.3) is 0 Å². The van der Waals surface area contributed by atoms with Crippen molar-refractivity contribution in [2.45, 2.75) is 296 Å². The molecule has 0 aliphatic heterocycles. The van der Waals surface area contributed by atoms with Crippen LogP contribution in [0.2, 0.25) is 0 Å². The first-order valence-electron chi connectivity index (χ1n) is 31.7. The van der Waals surface area contributed by atoms with Crippen molar-refractivity contribution < 1.29 is 37.3 Å². The Hall–Kier alpha value is -2.55.